The van der Waals surface area contributed by atoms with Gasteiger partial charge >= 0.3 is 0 Å². The van der Waals surface area contributed by atoms with Crippen LogP contribution in [0.3, 0.4) is 0 Å². The Morgan fingerprint density at radius 3 is 2.46 bits per heavy atom. The van der Waals surface area contributed by atoms with Crippen LogP contribution in [0.1, 0.15) is 22.4 Å². The summed E-state index contributed by atoms with van der Waals surface area (Å²) in [4.78, 5) is 0. The average molecular weight is 317 g/mol. The topological polar surface area (TPSA) is 64.0 Å². The van der Waals surface area contributed by atoms with Crippen molar-refractivity contribution in [2.45, 2.75) is 20.4 Å². The molecule has 24 heavy (non-hydrogen) atoms. The summed E-state index contributed by atoms with van der Waals surface area (Å²) in [5.74, 6) is 1.23. The van der Waals surface area contributed by atoms with Gasteiger partial charge in [0.05, 0.1) is 12.2 Å². The quantitative estimate of drug-likeness (QED) is 0.775. The van der Waals surface area contributed by atoms with E-state index in [2.05, 4.69) is 18.2 Å². The highest BCUT2D eigenvalue weighted by Crippen LogP contribution is 2.33. The molecule has 0 saturated carbocycles. The van der Waals surface area contributed by atoms with Crippen LogP contribution in [-0.4, -0.2) is 4.57 Å². The Bertz CT molecular complexity index is 902. The first-order valence-corrected chi connectivity index (χ1v) is 7.76. The highest BCUT2D eigenvalue weighted by atomic mass is 16.5. The summed E-state index contributed by atoms with van der Waals surface area (Å²) in [6, 6.07) is 19.8. The summed E-state index contributed by atoms with van der Waals surface area (Å²) in [7, 11) is 0. The van der Waals surface area contributed by atoms with E-state index in [0.717, 1.165) is 16.9 Å². The van der Waals surface area contributed by atoms with Gasteiger partial charge in [-0.05, 0) is 31.0 Å². The molecule has 0 spiro atoms. The van der Waals surface area contributed by atoms with Gasteiger partial charge in [-0.1, -0.05) is 48.0 Å². The van der Waals surface area contributed by atoms with E-state index in [4.69, 9.17) is 10.5 Å². The van der Waals surface area contributed by atoms with Crippen LogP contribution in [0.15, 0.2) is 54.6 Å². The zero-order valence-electron chi connectivity index (χ0n) is 13.8. The van der Waals surface area contributed by atoms with E-state index in [1.165, 1.54) is 5.56 Å². The van der Waals surface area contributed by atoms with Gasteiger partial charge in [0.15, 0.2) is 0 Å². The predicted molar refractivity (Wildman–Crippen MR) is 95.1 cm³/mol. The molecule has 0 unspecified atom stereocenters. The van der Waals surface area contributed by atoms with Crippen molar-refractivity contribution in [1.82, 2.24) is 4.57 Å². The standard InChI is InChI=1S/C20H19N3O/c1-14-7-9-16(10-8-14)13-23-17(12-21)11-18(22)20(23)24-19-6-4-3-5-15(19)2/h3-11H,13,22H2,1-2H3. The van der Waals surface area contributed by atoms with Crippen LogP contribution in [0.2, 0.25) is 0 Å². The van der Waals surface area contributed by atoms with Crippen LogP contribution in [0.25, 0.3) is 0 Å². The molecule has 1 heterocycles. The third-order valence-electron chi connectivity index (χ3n) is 3.95. The van der Waals surface area contributed by atoms with E-state index in [1.54, 1.807) is 6.07 Å². The number of anilines is 1. The lowest BCUT2D eigenvalue weighted by atomic mass is 10.1. The van der Waals surface area contributed by atoms with E-state index >= 15 is 0 Å². The number of benzene rings is 2. The number of hydrogen-bond donors (Lipinski definition) is 1. The van der Waals surface area contributed by atoms with Crippen molar-refractivity contribution in [3.63, 3.8) is 0 Å². The molecule has 2 aromatic carbocycles. The molecule has 2 N–H and O–H groups in total. The number of aryl methyl sites for hydroxylation is 2. The second-order valence-corrected chi connectivity index (χ2v) is 5.84. The predicted octanol–water partition coefficient (Wildman–Crippen LogP) is 4.40. The molecule has 0 bridgehead atoms. The summed E-state index contributed by atoms with van der Waals surface area (Å²) < 4.78 is 7.85. The Morgan fingerprint density at radius 1 is 1.08 bits per heavy atom. The monoisotopic (exact) mass is 317 g/mol. The van der Waals surface area contributed by atoms with Gasteiger partial charge in [-0.2, -0.15) is 5.26 Å². The van der Waals surface area contributed by atoms with Crippen LogP contribution in [-0.2, 0) is 6.54 Å². The van der Waals surface area contributed by atoms with Crippen molar-refractivity contribution in [3.8, 4) is 17.7 Å². The molecule has 0 atom stereocenters. The van der Waals surface area contributed by atoms with Crippen molar-refractivity contribution in [3.05, 3.63) is 77.0 Å². The summed E-state index contributed by atoms with van der Waals surface area (Å²) in [6.45, 7) is 4.55. The molecule has 0 fully saturated rings. The zero-order chi connectivity index (χ0) is 17.1. The van der Waals surface area contributed by atoms with Gasteiger partial charge in [0.25, 0.3) is 0 Å². The Hall–Kier alpha value is -3.19. The number of nitrogen functional groups attached to an aromatic ring is 1. The molecular weight excluding hydrogens is 298 g/mol. The lowest BCUT2D eigenvalue weighted by Gasteiger charge is -2.14. The number of aromatic nitrogens is 1. The van der Waals surface area contributed by atoms with Gasteiger partial charge in [0.1, 0.15) is 17.5 Å². The SMILES string of the molecule is Cc1ccc(Cn2c(C#N)cc(N)c2Oc2ccccc2C)cc1. The molecule has 1 aromatic heterocycles. The van der Waals surface area contributed by atoms with E-state index in [-0.39, 0.29) is 0 Å². The number of rotatable bonds is 4. The third-order valence-corrected chi connectivity index (χ3v) is 3.95. The molecule has 0 aliphatic carbocycles. The van der Waals surface area contributed by atoms with Crippen molar-refractivity contribution in [2.75, 3.05) is 5.73 Å². The van der Waals surface area contributed by atoms with E-state index in [1.807, 2.05) is 54.8 Å². The first-order chi connectivity index (χ1) is 11.6. The van der Waals surface area contributed by atoms with E-state index < -0.39 is 0 Å². The molecule has 3 aromatic rings. The van der Waals surface area contributed by atoms with E-state index in [0.29, 0.717) is 23.8 Å². The summed E-state index contributed by atoms with van der Waals surface area (Å²) >= 11 is 0. The fraction of sp³-hybridized carbons (Fsp3) is 0.150. The molecule has 0 radical (unpaired) electrons. The Morgan fingerprint density at radius 2 is 1.79 bits per heavy atom. The largest absolute Gasteiger partial charge is 0.438 e. The minimum absolute atomic E-state index is 0.460. The number of hydrogen-bond acceptors (Lipinski definition) is 3. The third kappa shape index (κ3) is 3.11. The number of ether oxygens (including phenoxy) is 1. The number of para-hydroxylation sites is 1. The van der Waals surface area contributed by atoms with Crippen molar-refractivity contribution >= 4 is 5.69 Å². The minimum Gasteiger partial charge on any atom is -0.438 e. The first-order valence-electron chi connectivity index (χ1n) is 7.76. The Labute approximate surface area is 141 Å². The van der Waals surface area contributed by atoms with Gasteiger partial charge in [-0.25, -0.2) is 0 Å². The second kappa shape index (κ2) is 6.51. The second-order valence-electron chi connectivity index (χ2n) is 5.84. The minimum atomic E-state index is 0.460. The van der Waals surface area contributed by atoms with Crippen LogP contribution in [0.4, 0.5) is 5.69 Å². The average Bonchev–Trinajstić information content (AvgIpc) is 2.87. The van der Waals surface area contributed by atoms with Crippen LogP contribution in [0.5, 0.6) is 11.6 Å². The molecule has 4 heteroatoms. The maximum Gasteiger partial charge on any atom is 0.224 e. The lowest BCUT2D eigenvalue weighted by Crippen LogP contribution is -2.05. The summed E-state index contributed by atoms with van der Waals surface area (Å²) in [5.41, 5.74) is 10.3. The Balaban J connectivity index is 2.00. The molecule has 3 rings (SSSR count). The molecule has 0 saturated heterocycles. The van der Waals surface area contributed by atoms with Gasteiger partial charge in [-0.3, -0.25) is 4.57 Å². The lowest BCUT2D eigenvalue weighted by molar-refractivity contribution is 0.434. The molecular formula is C20H19N3O. The number of nitriles is 1. The smallest absolute Gasteiger partial charge is 0.224 e. The molecule has 0 aliphatic rings. The van der Waals surface area contributed by atoms with Gasteiger partial charge in [-0.15, -0.1) is 0 Å². The fourth-order valence-corrected chi connectivity index (χ4v) is 2.57. The first kappa shape index (κ1) is 15.7. The van der Waals surface area contributed by atoms with Crippen LogP contribution < -0.4 is 10.5 Å². The van der Waals surface area contributed by atoms with Crippen molar-refractivity contribution in [2.24, 2.45) is 0 Å². The van der Waals surface area contributed by atoms with Gasteiger partial charge < -0.3 is 10.5 Å². The summed E-state index contributed by atoms with van der Waals surface area (Å²) in [6.07, 6.45) is 0. The zero-order valence-corrected chi connectivity index (χ0v) is 13.8. The van der Waals surface area contributed by atoms with Crippen LogP contribution >= 0.6 is 0 Å². The highest BCUT2D eigenvalue weighted by Gasteiger charge is 2.16. The molecule has 120 valence electrons. The molecule has 4 nitrogen and oxygen atoms in total. The van der Waals surface area contributed by atoms with Gasteiger partial charge in [0, 0.05) is 6.07 Å². The highest BCUT2D eigenvalue weighted by molar-refractivity contribution is 5.57. The van der Waals surface area contributed by atoms with Crippen molar-refractivity contribution in [1.29, 1.82) is 5.26 Å². The Kier molecular flexibility index (Phi) is 4.26. The van der Waals surface area contributed by atoms with Crippen LogP contribution in [0, 0.1) is 25.2 Å². The maximum absolute atomic E-state index is 9.42. The van der Waals surface area contributed by atoms with E-state index in [9.17, 15) is 5.26 Å². The van der Waals surface area contributed by atoms with Gasteiger partial charge in [0.2, 0.25) is 5.88 Å². The molecule has 0 aliphatic heterocycles. The fourth-order valence-electron chi connectivity index (χ4n) is 2.57. The normalized spacial score (nSPS) is 10.4. The number of nitrogens with two attached hydrogens (primary N) is 1. The number of nitrogens with zero attached hydrogens (tertiary/aromatic N) is 2. The summed E-state index contributed by atoms with van der Waals surface area (Å²) in [5, 5.41) is 9.42. The molecule has 0 amide bonds. The van der Waals surface area contributed by atoms with Crippen molar-refractivity contribution < 1.29 is 4.74 Å². The maximum atomic E-state index is 9.42.